The first kappa shape index (κ1) is 20.9. The van der Waals surface area contributed by atoms with E-state index in [0.717, 1.165) is 31.7 Å². The van der Waals surface area contributed by atoms with Crippen molar-refractivity contribution in [1.82, 2.24) is 9.80 Å². The van der Waals surface area contributed by atoms with Gasteiger partial charge in [-0.25, -0.2) is 4.39 Å². The number of hydrogen-bond acceptors (Lipinski definition) is 3. The molecule has 3 rings (SSSR count). The first-order valence-corrected chi connectivity index (χ1v) is 9.12. The summed E-state index contributed by atoms with van der Waals surface area (Å²) in [5, 5.41) is 0.259. The second kappa shape index (κ2) is 9.02. The highest BCUT2D eigenvalue weighted by Gasteiger charge is 2.32. The number of hydrogen-bond donors (Lipinski definition) is 1. The fourth-order valence-corrected chi connectivity index (χ4v) is 3.83. The number of nitrogens with zero attached hydrogens (tertiary/aromatic N) is 2. The number of carbonyl (C=O) groups is 2. The Morgan fingerprint density at radius 1 is 1.12 bits per heavy atom. The van der Waals surface area contributed by atoms with Gasteiger partial charge in [0.25, 0.3) is 5.91 Å². The molecule has 8 heteroatoms. The molecule has 2 N–H and O–H groups in total. The summed E-state index contributed by atoms with van der Waals surface area (Å²) in [6, 6.07) is 4.16. The molecule has 2 amide bonds. The number of carbonyl (C=O) groups excluding carboxylic acids is 2. The van der Waals surface area contributed by atoms with Gasteiger partial charge in [-0.15, -0.1) is 12.4 Å². The van der Waals surface area contributed by atoms with Crippen LogP contribution >= 0.6 is 24.0 Å². The first-order valence-electron chi connectivity index (χ1n) is 8.74. The number of halogens is 3. The molecular formula is C18H24Cl2FN3O2. The van der Waals surface area contributed by atoms with E-state index in [-0.39, 0.29) is 46.8 Å². The van der Waals surface area contributed by atoms with Crippen molar-refractivity contribution in [3.8, 4) is 0 Å². The van der Waals surface area contributed by atoms with Crippen LogP contribution in [0.3, 0.4) is 0 Å². The van der Waals surface area contributed by atoms with Gasteiger partial charge >= 0.3 is 0 Å². The Kier molecular flexibility index (Phi) is 7.26. The lowest BCUT2D eigenvalue weighted by atomic mass is 9.85. The monoisotopic (exact) mass is 403 g/mol. The Morgan fingerprint density at radius 3 is 2.38 bits per heavy atom. The van der Waals surface area contributed by atoms with Crippen LogP contribution in [-0.2, 0) is 4.79 Å². The van der Waals surface area contributed by atoms with Crippen molar-refractivity contribution in [3.63, 3.8) is 0 Å². The molecule has 2 atom stereocenters. The molecule has 1 aliphatic heterocycles. The third-order valence-electron chi connectivity index (χ3n) is 5.10. The molecule has 2 fully saturated rings. The Morgan fingerprint density at radius 2 is 1.77 bits per heavy atom. The number of amides is 2. The molecule has 0 spiro atoms. The van der Waals surface area contributed by atoms with E-state index in [9.17, 15) is 14.0 Å². The lowest BCUT2D eigenvalue weighted by Crippen LogP contribution is -2.52. The summed E-state index contributed by atoms with van der Waals surface area (Å²) in [6.07, 6.45) is 3.61. The minimum Gasteiger partial charge on any atom is -0.339 e. The highest BCUT2D eigenvalue weighted by Crippen LogP contribution is 2.25. The highest BCUT2D eigenvalue weighted by molar-refractivity contribution is 6.30. The molecule has 1 aliphatic carbocycles. The van der Waals surface area contributed by atoms with Crippen LogP contribution in [0.5, 0.6) is 0 Å². The summed E-state index contributed by atoms with van der Waals surface area (Å²) < 4.78 is 13.9. The van der Waals surface area contributed by atoms with Crippen LogP contribution in [0.25, 0.3) is 0 Å². The zero-order chi connectivity index (χ0) is 18.0. The van der Waals surface area contributed by atoms with Gasteiger partial charge in [0.2, 0.25) is 5.91 Å². The van der Waals surface area contributed by atoms with Crippen molar-refractivity contribution in [2.45, 2.75) is 31.7 Å². The highest BCUT2D eigenvalue weighted by atomic mass is 35.5. The molecule has 5 nitrogen and oxygen atoms in total. The smallest absolute Gasteiger partial charge is 0.256 e. The molecule has 2 aliphatic rings. The average Bonchev–Trinajstić information content (AvgIpc) is 2.61. The van der Waals surface area contributed by atoms with Gasteiger partial charge in [0, 0.05) is 43.2 Å². The minimum atomic E-state index is -0.618. The van der Waals surface area contributed by atoms with Gasteiger partial charge < -0.3 is 15.5 Å². The van der Waals surface area contributed by atoms with E-state index in [0.29, 0.717) is 26.2 Å². The van der Waals surface area contributed by atoms with Gasteiger partial charge in [-0.1, -0.05) is 18.0 Å². The largest absolute Gasteiger partial charge is 0.339 e. The van der Waals surface area contributed by atoms with Gasteiger partial charge in [-0.05, 0) is 37.5 Å². The van der Waals surface area contributed by atoms with Gasteiger partial charge in [0.05, 0.1) is 5.56 Å². The lowest BCUT2D eigenvalue weighted by Gasteiger charge is -2.37. The maximum absolute atomic E-state index is 13.9. The third kappa shape index (κ3) is 4.67. The Bertz CT molecular complexity index is 666. The van der Waals surface area contributed by atoms with Crippen molar-refractivity contribution < 1.29 is 14.0 Å². The standard InChI is InChI=1S/C18H23ClFN3O2.ClH/c19-13-4-5-15(16(20)11-13)18(25)23-8-6-22(7-9-23)17(24)12-2-1-3-14(21)10-12;/h4-5,11-12,14H,1-3,6-10,21H2;1H. The predicted octanol–water partition coefficient (Wildman–Crippen LogP) is 2.70. The second-order valence-electron chi connectivity index (χ2n) is 6.87. The van der Waals surface area contributed by atoms with Crippen LogP contribution in [0, 0.1) is 11.7 Å². The zero-order valence-electron chi connectivity index (χ0n) is 14.5. The maximum atomic E-state index is 13.9. The van der Waals surface area contributed by atoms with Gasteiger partial charge in [-0.3, -0.25) is 9.59 Å². The third-order valence-corrected chi connectivity index (χ3v) is 5.34. The summed E-state index contributed by atoms with van der Waals surface area (Å²) in [4.78, 5) is 28.5. The molecule has 1 aromatic carbocycles. The van der Waals surface area contributed by atoms with E-state index < -0.39 is 5.82 Å². The molecule has 1 saturated carbocycles. The number of nitrogens with two attached hydrogens (primary N) is 1. The Labute approximate surface area is 164 Å². The fourth-order valence-electron chi connectivity index (χ4n) is 3.67. The first-order chi connectivity index (χ1) is 12.0. The molecule has 0 radical (unpaired) electrons. The van der Waals surface area contributed by atoms with E-state index in [1.54, 1.807) is 4.90 Å². The summed E-state index contributed by atoms with van der Waals surface area (Å²) in [5.41, 5.74) is 5.99. The molecule has 0 aromatic heterocycles. The fraction of sp³-hybridized carbons (Fsp3) is 0.556. The molecule has 0 bridgehead atoms. The normalized spacial score (nSPS) is 23.3. The Hall–Kier alpha value is -1.37. The molecule has 144 valence electrons. The molecule has 1 saturated heterocycles. The zero-order valence-corrected chi connectivity index (χ0v) is 16.1. The van der Waals surface area contributed by atoms with Crippen molar-refractivity contribution in [2.24, 2.45) is 11.7 Å². The van der Waals surface area contributed by atoms with E-state index >= 15 is 0 Å². The quantitative estimate of drug-likeness (QED) is 0.825. The molecule has 1 heterocycles. The van der Waals surface area contributed by atoms with Crippen LogP contribution in [0.2, 0.25) is 5.02 Å². The molecular weight excluding hydrogens is 380 g/mol. The van der Waals surface area contributed by atoms with E-state index in [4.69, 9.17) is 17.3 Å². The van der Waals surface area contributed by atoms with Crippen LogP contribution in [0.15, 0.2) is 18.2 Å². The SMILES string of the molecule is Cl.NC1CCCC(C(=O)N2CCN(C(=O)c3ccc(Cl)cc3F)CC2)C1. The number of benzene rings is 1. The lowest BCUT2D eigenvalue weighted by molar-refractivity contribution is -0.138. The summed E-state index contributed by atoms with van der Waals surface area (Å²) in [6.45, 7) is 1.77. The molecule has 2 unspecified atom stereocenters. The average molecular weight is 404 g/mol. The van der Waals surface area contributed by atoms with Gasteiger partial charge in [0.1, 0.15) is 5.82 Å². The van der Waals surface area contributed by atoms with Gasteiger partial charge in [-0.2, -0.15) is 0 Å². The maximum Gasteiger partial charge on any atom is 0.256 e. The minimum absolute atomic E-state index is 0. The van der Waals surface area contributed by atoms with E-state index in [1.807, 2.05) is 4.90 Å². The predicted molar refractivity (Wildman–Crippen MR) is 101 cm³/mol. The van der Waals surface area contributed by atoms with Crippen LogP contribution in [0.1, 0.15) is 36.0 Å². The molecule has 26 heavy (non-hydrogen) atoms. The van der Waals surface area contributed by atoms with Crippen molar-refractivity contribution in [3.05, 3.63) is 34.6 Å². The number of rotatable bonds is 2. The summed E-state index contributed by atoms with van der Waals surface area (Å²) in [5.74, 6) is -0.840. The van der Waals surface area contributed by atoms with Crippen molar-refractivity contribution in [2.75, 3.05) is 26.2 Å². The van der Waals surface area contributed by atoms with Crippen LogP contribution in [0.4, 0.5) is 4.39 Å². The Balaban J connectivity index is 0.00000243. The number of piperazine rings is 1. The second-order valence-corrected chi connectivity index (χ2v) is 7.30. The summed E-state index contributed by atoms with van der Waals surface area (Å²) in [7, 11) is 0. The van der Waals surface area contributed by atoms with Crippen LogP contribution < -0.4 is 5.73 Å². The van der Waals surface area contributed by atoms with Gasteiger partial charge in [0.15, 0.2) is 0 Å². The molecule has 1 aromatic rings. The summed E-state index contributed by atoms with van der Waals surface area (Å²) >= 11 is 5.73. The van der Waals surface area contributed by atoms with Crippen molar-refractivity contribution >= 4 is 35.8 Å². The van der Waals surface area contributed by atoms with Crippen LogP contribution in [-0.4, -0.2) is 53.8 Å². The van der Waals surface area contributed by atoms with E-state index in [2.05, 4.69) is 0 Å². The van der Waals surface area contributed by atoms with Crippen molar-refractivity contribution in [1.29, 1.82) is 0 Å². The topological polar surface area (TPSA) is 66.6 Å². The van der Waals surface area contributed by atoms with E-state index in [1.165, 1.54) is 12.1 Å².